The van der Waals surface area contributed by atoms with Crippen LogP contribution >= 0.6 is 0 Å². The Balaban J connectivity index is 2.09. The summed E-state index contributed by atoms with van der Waals surface area (Å²) in [5.74, 6) is 11.2. The fourth-order valence-electron chi connectivity index (χ4n) is 3.14. The molecular formula is C21H25N7O4. The van der Waals surface area contributed by atoms with E-state index in [2.05, 4.69) is 15.7 Å². The van der Waals surface area contributed by atoms with E-state index < -0.39 is 5.63 Å². The second-order valence-corrected chi connectivity index (χ2v) is 6.88. The summed E-state index contributed by atoms with van der Waals surface area (Å²) in [6.07, 6.45) is 0.410. The van der Waals surface area contributed by atoms with E-state index in [4.69, 9.17) is 37.0 Å². The molecule has 0 saturated heterocycles. The molecule has 0 amide bonds. The first-order valence-corrected chi connectivity index (χ1v) is 9.62. The maximum atomic E-state index is 12.8. The Morgan fingerprint density at radius 3 is 2.50 bits per heavy atom. The minimum Gasteiger partial charge on any atom is -0.485 e. The van der Waals surface area contributed by atoms with Crippen molar-refractivity contribution in [1.82, 2.24) is 5.53 Å². The first-order valence-electron chi connectivity index (χ1n) is 9.62. The topological polar surface area (TPSA) is 190 Å². The number of nitrogens with zero attached hydrogens (tertiary/aromatic N) is 2. The van der Waals surface area contributed by atoms with Crippen LogP contribution in [0.5, 0.6) is 11.5 Å². The van der Waals surface area contributed by atoms with Gasteiger partial charge in [-0.15, -0.1) is 5.10 Å². The molecule has 168 valence electrons. The molecule has 0 aliphatic carbocycles. The van der Waals surface area contributed by atoms with Crippen LogP contribution in [0.15, 0.2) is 61.9 Å². The smallest absolute Gasteiger partial charge is 0.340 e. The Morgan fingerprint density at radius 1 is 1.09 bits per heavy atom. The van der Waals surface area contributed by atoms with Crippen LogP contribution in [0.25, 0.3) is 11.0 Å². The summed E-state index contributed by atoms with van der Waals surface area (Å²) in [5.41, 5.74) is 15.5. The number of aryl methyl sites for hydroxylation is 1. The number of nitrogens with one attached hydrogen (secondary N) is 1. The minimum atomic E-state index is -0.446. The van der Waals surface area contributed by atoms with Gasteiger partial charge in [-0.2, -0.15) is 5.10 Å². The van der Waals surface area contributed by atoms with Gasteiger partial charge in [-0.05, 0) is 18.1 Å². The lowest BCUT2D eigenvalue weighted by Crippen LogP contribution is -2.27. The van der Waals surface area contributed by atoms with Gasteiger partial charge >= 0.3 is 5.63 Å². The highest BCUT2D eigenvalue weighted by Gasteiger charge is 2.18. The molecule has 0 aliphatic rings. The number of hydrogen-bond donors (Lipinski definition) is 5. The highest BCUT2D eigenvalue weighted by atomic mass is 16.5. The predicted octanol–water partition coefficient (Wildman–Crippen LogP) is 0.416. The van der Waals surface area contributed by atoms with Gasteiger partial charge in [0.2, 0.25) is 0 Å². The molecule has 1 heterocycles. The molecule has 3 aromatic rings. The molecule has 3 rings (SSSR count). The van der Waals surface area contributed by atoms with E-state index >= 15 is 0 Å². The van der Waals surface area contributed by atoms with Gasteiger partial charge in [0.15, 0.2) is 11.7 Å². The predicted molar refractivity (Wildman–Crippen MR) is 122 cm³/mol. The van der Waals surface area contributed by atoms with Gasteiger partial charge in [-0.25, -0.2) is 16.2 Å². The highest BCUT2D eigenvalue weighted by Crippen LogP contribution is 2.34. The molecular weight excluding hydrogens is 414 g/mol. The standard InChI is InChI=1S/C21H25N7O4/c1-12-15(7-13-5-3-2-4-6-13)21(29)32-17-9-14(30-10-18(22)26-24)8-16(20(12)17)31-11-19(23)27-28-25/h2-6,8-9,28H,7,10-11,24-25H2,1H3,(H2,22,26)(H2,23,27). The van der Waals surface area contributed by atoms with Crippen LogP contribution in [-0.2, 0) is 6.42 Å². The molecule has 0 fully saturated rings. The number of hydrogen-bond acceptors (Lipinski definition) is 9. The van der Waals surface area contributed by atoms with Gasteiger partial charge in [0.25, 0.3) is 0 Å². The van der Waals surface area contributed by atoms with Gasteiger partial charge in [0, 0.05) is 24.1 Å². The minimum absolute atomic E-state index is 0.0581. The number of hydrazone groups is 2. The molecule has 11 heteroatoms. The third-order valence-corrected chi connectivity index (χ3v) is 4.68. The van der Waals surface area contributed by atoms with Crippen molar-refractivity contribution in [2.24, 2.45) is 33.4 Å². The molecule has 0 saturated carbocycles. The maximum absolute atomic E-state index is 12.8. The van der Waals surface area contributed by atoms with E-state index in [1.54, 1.807) is 12.1 Å². The molecule has 9 N–H and O–H groups in total. The quantitative estimate of drug-likeness (QED) is 0.103. The second kappa shape index (κ2) is 10.2. The molecule has 0 atom stereocenters. The fourth-order valence-corrected chi connectivity index (χ4v) is 3.14. The summed E-state index contributed by atoms with van der Waals surface area (Å²) in [6, 6.07) is 12.8. The van der Waals surface area contributed by atoms with Crippen molar-refractivity contribution in [2.45, 2.75) is 13.3 Å². The zero-order valence-corrected chi connectivity index (χ0v) is 17.5. The van der Waals surface area contributed by atoms with Gasteiger partial charge in [0.05, 0.1) is 5.39 Å². The van der Waals surface area contributed by atoms with E-state index in [9.17, 15) is 4.79 Å². The SMILES string of the molecule is Cc1c(Cc2ccccc2)c(=O)oc2cc(OC/C(N)=N/N)cc(OC/C(N)=N/NN)c12. The van der Waals surface area contributed by atoms with Crippen LogP contribution in [0.4, 0.5) is 0 Å². The molecule has 32 heavy (non-hydrogen) atoms. The first kappa shape index (κ1) is 22.4. The number of amidine groups is 2. The summed E-state index contributed by atoms with van der Waals surface area (Å²) in [6.45, 7) is 1.71. The van der Waals surface area contributed by atoms with Gasteiger partial charge in [0.1, 0.15) is 30.3 Å². The summed E-state index contributed by atoms with van der Waals surface area (Å²) in [7, 11) is 0. The lowest BCUT2D eigenvalue weighted by molar-refractivity contribution is 0.357. The van der Waals surface area contributed by atoms with Crippen molar-refractivity contribution in [3.05, 3.63) is 69.6 Å². The summed E-state index contributed by atoms with van der Waals surface area (Å²) in [5, 5.41) is 7.64. The Morgan fingerprint density at radius 2 is 1.81 bits per heavy atom. The Kier molecular flexibility index (Phi) is 7.13. The van der Waals surface area contributed by atoms with E-state index in [1.165, 1.54) is 0 Å². The molecule has 11 nitrogen and oxygen atoms in total. The van der Waals surface area contributed by atoms with Crippen LogP contribution in [0.2, 0.25) is 0 Å². The van der Waals surface area contributed by atoms with Crippen LogP contribution in [-0.4, -0.2) is 24.9 Å². The number of ether oxygens (including phenoxy) is 2. The van der Waals surface area contributed by atoms with Crippen molar-refractivity contribution in [1.29, 1.82) is 0 Å². The van der Waals surface area contributed by atoms with Gasteiger partial charge in [-0.3, -0.25) is 0 Å². The molecule has 1 aromatic heterocycles. The van der Waals surface area contributed by atoms with E-state index in [0.717, 1.165) is 11.1 Å². The van der Waals surface area contributed by atoms with Crippen molar-refractivity contribution < 1.29 is 13.9 Å². The Hall–Kier alpha value is -4.25. The normalized spacial score (nSPS) is 12.1. The van der Waals surface area contributed by atoms with Gasteiger partial charge in [-0.1, -0.05) is 30.3 Å². The van der Waals surface area contributed by atoms with Crippen molar-refractivity contribution >= 4 is 22.6 Å². The average Bonchev–Trinajstić information content (AvgIpc) is 2.79. The highest BCUT2D eigenvalue weighted by molar-refractivity contribution is 5.90. The largest absolute Gasteiger partial charge is 0.485 e. The van der Waals surface area contributed by atoms with E-state index in [-0.39, 0.29) is 30.5 Å². The van der Waals surface area contributed by atoms with E-state index in [1.807, 2.05) is 37.3 Å². The molecule has 0 spiro atoms. The first-order chi connectivity index (χ1) is 15.4. The lowest BCUT2D eigenvalue weighted by atomic mass is 9.99. The van der Waals surface area contributed by atoms with Crippen LogP contribution in [0, 0.1) is 6.92 Å². The van der Waals surface area contributed by atoms with Crippen molar-refractivity contribution in [3.63, 3.8) is 0 Å². The Bertz CT molecular complexity index is 1210. The van der Waals surface area contributed by atoms with Crippen LogP contribution < -0.4 is 43.8 Å². The van der Waals surface area contributed by atoms with Crippen molar-refractivity contribution in [3.8, 4) is 11.5 Å². The zero-order chi connectivity index (χ0) is 23.1. The summed E-state index contributed by atoms with van der Waals surface area (Å²) < 4.78 is 17.1. The third-order valence-electron chi connectivity index (χ3n) is 4.68. The number of nitrogens with two attached hydrogens (primary N) is 4. The Labute approximate surface area is 183 Å². The van der Waals surface area contributed by atoms with Crippen LogP contribution in [0.3, 0.4) is 0 Å². The monoisotopic (exact) mass is 439 g/mol. The molecule has 2 aromatic carbocycles. The average molecular weight is 439 g/mol. The van der Waals surface area contributed by atoms with Gasteiger partial charge < -0.3 is 31.2 Å². The third kappa shape index (κ3) is 5.26. The van der Waals surface area contributed by atoms with Crippen molar-refractivity contribution in [2.75, 3.05) is 13.2 Å². The fraction of sp³-hybridized carbons (Fsp3) is 0.190. The number of hydrazine groups is 1. The summed E-state index contributed by atoms with van der Waals surface area (Å²) >= 11 is 0. The maximum Gasteiger partial charge on any atom is 0.340 e. The molecule has 0 aliphatic heterocycles. The lowest BCUT2D eigenvalue weighted by Gasteiger charge is -2.15. The second-order valence-electron chi connectivity index (χ2n) is 6.88. The number of fused-ring (bicyclic) bond motifs is 1. The molecule has 0 bridgehead atoms. The zero-order valence-electron chi connectivity index (χ0n) is 17.5. The summed E-state index contributed by atoms with van der Waals surface area (Å²) in [4.78, 5) is 12.8. The number of rotatable bonds is 9. The van der Waals surface area contributed by atoms with Crippen LogP contribution in [0.1, 0.15) is 16.7 Å². The molecule has 0 radical (unpaired) electrons. The van der Waals surface area contributed by atoms with E-state index in [0.29, 0.717) is 28.9 Å². The number of benzene rings is 2. The molecule has 0 unspecified atom stereocenters.